The summed E-state index contributed by atoms with van der Waals surface area (Å²) in [5, 5.41) is 19.1. The first-order valence-electron chi connectivity index (χ1n) is 10.0. The molecular weight excluding hydrogens is 332 g/mol. The number of carboxylic acid groups (broad SMARTS) is 1. The maximum atomic E-state index is 10.6. The molecule has 0 aromatic heterocycles. The smallest absolute Gasteiger partial charge is 0.303 e. The van der Waals surface area contributed by atoms with Gasteiger partial charge in [-0.15, -0.1) is 0 Å². The van der Waals surface area contributed by atoms with Crippen LogP contribution in [0, 0.1) is 11.8 Å². The molecule has 0 aromatic carbocycles. The Morgan fingerprint density at radius 1 is 1.38 bits per heavy atom. The van der Waals surface area contributed by atoms with E-state index < -0.39 is 5.97 Å². The Bertz CT molecular complexity index is 499. The molecule has 1 heterocycles. The van der Waals surface area contributed by atoms with Gasteiger partial charge in [0.2, 0.25) is 0 Å². The predicted molar refractivity (Wildman–Crippen MR) is 101 cm³/mol. The highest BCUT2D eigenvalue weighted by Crippen LogP contribution is 2.45. The van der Waals surface area contributed by atoms with E-state index in [9.17, 15) is 9.90 Å². The van der Waals surface area contributed by atoms with Crippen molar-refractivity contribution in [1.82, 2.24) is 0 Å². The van der Waals surface area contributed by atoms with Gasteiger partial charge in [0.1, 0.15) is 6.10 Å². The fourth-order valence-electron chi connectivity index (χ4n) is 4.04. The highest BCUT2D eigenvalue weighted by atomic mass is 16.5. The zero-order valence-corrected chi connectivity index (χ0v) is 16.1. The standard InChI is InChI=1S/C21H34O5/c1-3-4-5-8-15(25-2)11-12-17-18-13-16(9-6-7-10-21(23)24)26-20(18)14-19(17)22/h9,11-12,15,17-20,22H,3-8,10,13-14H2,1-2H3,(H,23,24)/b12-11?,16-9-/t15-,17+,18+,19+,20+/m0/s1. The Hall–Kier alpha value is -1.33. The van der Waals surface area contributed by atoms with Gasteiger partial charge in [-0.25, -0.2) is 0 Å². The molecule has 1 aliphatic heterocycles. The van der Waals surface area contributed by atoms with E-state index in [1.165, 1.54) is 12.8 Å². The SMILES string of the molecule is CCCCC[C@@H](C=C[C@@H]1[C@H]2C/C(=C/CCCC(=O)O)O[C@@H]2C[C@H]1O)OC. The summed E-state index contributed by atoms with van der Waals surface area (Å²) in [4.78, 5) is 10.6. The largest absolute Gasteiger partial charge is 0.495 e. The lowest BCUT2D eigenvalue weighted by molar-refractivity contribution is -0.137. The van der Waals surface area contributed by atoms with Gasteiger partial charge in [-0.2, -0.15) is 0 Å². The van der Waals surface area contributed by atoms with Crippen molar-refractivity contribution in [3.63, 3.8) is 0 Å². The summed E-state index contributed by atoms with van der Waals surface area (Å²) in [5.74, 6) is 0.614. The van der Waals surface area contributed by atoms with E-state index in [1.807, 2.05) is 6.08 Å². The van der Waals surface area contributed by atoms with Gasteiger partial charge in [-0.3, -0.25) is 4.79 Å². The second kappa shape index (κ2) is 10.7. The van der Waals surface area contributed by atoms with Gasteiger partial charge in [0.25, 0.3) is 0 Å². The monoisotopic (exact) mass is 366 g/mol. The molecule has 0 radical (unpaired) electrons. The van der Waals surface area contributed by atoms with Crippen molar-refractivity contribution in [2.24, 2.45) is 11.8 Å². The van der Waals surface area contributed by atoms with Crippen molar-refractivity contribution in [2.45, 2.75) is 83.0 Å². The summed E-state index contributed by atoms with van der Waals surface area (Å²) < 4.78 is 11.5. The van der Waals surface area contributed by atoms with E-state index in [1.54, 1.807) is 7.11 Å². The maximum Gasteiger partial charge on any atom is 0.303 e. The molecule has 2 rings (SSSR count). The number of ether oxygens (including phenoxy) is 2. The maximum absolute atomic E-state index is 10.6. The molecule has 2 aliphatic rings. The number of carboxylic acids is 1. The van der Waals surface area contributed by atoms with Crippen LogP contribution in [-0.4, -0.2) is 41.6 Å². The molecule has 0 unspecified atom stereocenters. The van der Waals surface area contributed by atoms with Gasteiger partial charge in [-0.1, -0.05) is 38.3 Å². The van der Waals surface area contributed by atoms with E-state index in [4.69, 9.17) is 14.6 Å². The molecule has 2 N–H and O–H groups in total. The van der Waals surface area contributed by atoms with Crippen LogP contribution in [0.4, 0.5) is 0 Å². The summed E-state index contributed by atoms with van der Waals surface area (Å²) in [5.41, 5.74) is 0. The number of rotatable bonds is 11. The van der Waals surface area contributed by atoms with Crippen molar-refractivity contribution in [3.8, 4) is 0 Å². The number of fused-ring (bicyclic) bond motifs is 1. The number of aliphatic carboxylic acids is 1. The fraction of sp³-hybridized carbons (Fsp3) is 0.762. The first kappa shape index (κ1) is 21.0. The van der Waals surface area contributed by atoms with Crippen LogP contribution in [0.25, 0.3) is 0 Å². The van der Waals surface area contributed by atoms with Crippen LogP contribution >= 0.6 is 0 Å². The molecule has 1 saturated heterocycles. The molecular formula is C21H34O5. The minimum atomic E-state index is -0.757. The number of unbranched alkanes of at least 4 members (excludes halogenated alkanes) is 3. The topological polar surface area (TPSA) is 76.0 Å². The molecule has 2 fully saturated rings. The van der Waals surface area contributed by atoms with Gasteiger partial charge in [-0.05, 0) is 25.3 Å². The second-order valence-electron chi connectivity index (χ2n) is 7.52. The summed E-state index contributed by atoms with van der Waals surface area (Å²) in [6.07, 6.45) is 13.7. The Kier molecular flexibility index (Phi) is 8.66. The fourth-order valence-corrected chi connectivity index (χ4v) is 4.04. The number of hydrogen-bond acceptors (Lipinski definition) is 4. The number of hydrogen-bond donors (Lipinski definition) is 2. The summed E-state index contributed by atoms with van der Waals surface area (Å²) >= 11 is 0. The molecule has 5 nitrogen and oxygen atoms in total. The third-order valence-electron chi connectivity index (χ3n) is 5.54. The van der Waals surface area contributed by atoms with Crippen LogP contribution in [-0.2, 0) is 14.3 Å². The molecule has 0 bridgehead atoms. The van der Waals surface area contributed by atoms with E-state index in [-0.39, 0.29) is 30.7 Å². The van der Waals surface area contributed by atoms with Crippen LogP contribution in [0.1, 0.15) is 64.7 Å². The van der Waals surface area contributed by atoms with E-state index in [2.05, 4.69) is 19.1 Å². The number of methoxy groups -OCH3 is 1. The molecule has 1 saturated carbocycles. The van der Waals surface area contributed by atoms with Gasteiger partial charge in [0.05, 0.1) is 18.0 Å². The lowest BCUT2D eigenvalue weighted by Gasteiger charge is -2.17. The average molecular weight is 366 g/mol. The van der Waals surface area contributed by atoms with Crippen LogP contribution in [0.2, 0.25) is 0 Å². The lowest BCUT2D eigenvalue weighted by atomic mass is 9.90. The van der Waals surface area contributed by atoms with Crippen molar-refractivity contribution in [2.75, 3.05) is 7.11 Å². The molecule has 0 aromatic rings. The number of aliphatic hydroxyl groups excluding tert-OH is 1. The second-order valence-corrected chi connectivity index (χ2v) is 7.52. The number of carbonyl (C=O) groups is 1. The molecule has 5 heteroatoms. The Labute approximate surface area is 157 Å². The third kappa shape index (κ3) is 6.13. The van der Waals surface area contributed by atoms with Crippen LogP contribution in [0.5, 0.6) is 0 Å². The minimum Gasteiger partial charge on any atom is -0.495 e. The van der Waals surface area contributed by atoms with Crippen molar-refractivity contribution in [3.05, 3.63) is 24.0 Å². The lowest BCUT2D eigenvalue weighted by Crippen LogP contribution is -2.18. The first-order valence-corrected chi connectivity index (χ1v) is 10.0. The third-order valence-corrected chi connectivity index (χ3v) is 5.54. The zero-order valence-electron chi connectivity index (χ0n) is 16.1. The van der Waals surface area contributed by atoms with E-state index in [0.717, 1.165) is 31.4 Å². The zero-order chi connectivity index (χ0) is 18.9. The van der Waals surface area contributed by atoms with Gasteiger partial charge < -0.3 is 19.7 Å². The minimum absolute atomic E-state index is 0.0754. The van der Waals surface area contributed by atoms with Gasteiger partial charge in [0, 0.05) is 38.2 Å². The van der Waals surface area contributed by atoms with Crippen molar-refractivity contribution in [1.29, 1.82) is 0 Å². The van der Waals surface area contributed by atoms with E-state index >= 15 is 0 Å². The van der Waals surface area contributed by atoms with Gasteiger partial charge in [0.15, 0.2) is 0 Å². The predicted octanol–water partition coefficient (Wildman–Crippen LogP) is 4.06. The summed E-state index contributed by atoms with van der Waals surface area (Å²) in [6, 6.07) is 0. The van der Waals surface area contributed by atoms with Crippen LogP contribution < -0.4 is 0 Å². The normalized spacial score (nSPS) is 30.7. The molecule has 1 aliphatic carbocycles. The summed E-state index contributed by atoms with van der Waals surface area (Å²) in [7, 11) is 1.74. The average Bonchev–Trinajstić information content (AvgIpc) is 3.11. The molecule has 0 spiro atoms. The Morgan fingerprint density at radius 3 is 2.88 bits per heavy atom. The summed E-state index contributed by atoms with van der Waals surface area (Å²) in [6.45, 7) is 2.19. The molecule has 148 valence electrons. The highest BCUT2D eigenvalue weighted by Gasteiger charge is 2.46. The molecule has 0 amide bonds. The van der Waals surface area contributed by atoms with Crippen LogP contribution in [0.15, 0.2) is 24.0 Å². The first-order chi connectivity index (χ1) is 12.5. The van der Waals surface area contributed by atoms with Gasteiger partial charge >= 0.3 is 5.97 Å². The van der Waals surface area contributed by atoms with Crippen molar-refractivity contribution >= 4 is 5.97 Å². The molecule has 5 atom stereocenters. The quantitative estimate of drug-likeness (QED) is 0.426. The van der Waals surface area contributed by atoms with Crippen molar-refractivity contribution < 1.29 is 24.5 Å². The Balaban J connectivity index is 1.86. The highest BCUT2D eigenvalue weighted by molar-refractivity contribution is 5.66. The van der Waals surface area contributed by atoms with E-state index in [0.29, 0.717) is 18.8 Å². The number of allylic oxidation sites excluding steroid dienone is 2. The Morgan fingerprint density at radius 2 is 2.19 bits per heavy atom. The number of aliphatic hydroxyl groups is 1. The van der Waals surface area contributed by atoms with Crippen LogP contribution in [0.3, 0.4) is 0 Å². The molecule has 26 heavy (non-hydrogen) atoms.